The lowest BCUT2D eigenvalue weighted by Gasteiger charge is -2.24. The second-order valence-corrected chi connectivity index (χ2v) is 6.28. The van der Waals surface area contributed by atoms with Crippen LogP contribution >= 0.6 is 11.8 Å². The summed E-state index contributed by atoms with van der Waals surface area (Å²) in [5.74, 6) is 0.609. The van der Waals surface area contributed by atoms with Crippen LogP contribution in [0.3, 0.4) is 0 Å². The zero-order valence-corrected chi connectivity index (χ0v) is 14.2. The fraction of sp³-hybridized carbons (Fsp3) is 0.400. The van der Waals surface area contributed by atoms with Gasteiger partial charge in [0.2, 0.25) is 5.91 Å². The van der Waals surface area contributed by atoms with Crippen molar-refractivity contribution in [3.05, 3.63) is 18.2 Å². The first-order valence-corrected chi connectivity index (χ1v) is 8.77. The Kier molecular flexibility index (Phi) is 5.91. The van der Waals surface area contributed by atoms with Crippen LogP contribution < -0.4 is 26.4 Å². The molecule has 0 spiro atoms. The van der Waals surface area contributed by atoms with E-state index in [-0.39, 0.29) is 11.8 Å². The number of hydrogen-bond acceptors (Lipinski definition) is 5. The number of nitrogens with one attached hydrogen (secondary N) is 3. The zero-order valence-electron chi connectivity index (χ0n) is 13.4. The molecular weight excluding hydrogens is 332 g/mol. The van der Waals surface area contributed by atoms with Crippen LogP contribution in [0.25, 0.3) is 0 Å². The summed E-state index contributed by atoms with van der Waals surface area (Å²) < 4.78 is 5.46. The Balaban J connectivity index is 2.08. The molecule has 0 unspecified atom stereocenters. The predicted molar refractivity (Wildman–Crippen MR) is 93.3 cm³/mol. The number of carbonyl (C=O) groups excluding carboxylic acids is 3. The van der Waals surface area contributed by atoms with Gasteiger partial charge in [-0.05, 0) is 43.6 Å². The van der Waals surface area contributed by atoms with E-state index in [0.717, 1.165) is 0 Å². The molecule has 2 atom stereocenters. The normalized spacial score (nSPS) is 17.1. The highest BCUT2D eigenvalue weighted by Gasteiger charge is 2.24. The molecule has 0 saturated heterocycles. The SMILES string of the molecule is CSCC[C@H](NC(N)=O)C(=O)Nc1ccc2c(c1)NC(=O)[C@H](C)O2. The predicted octanol–water partition coefficient (Wildman–Crippen LogP) is 1.13. The molecule has 1 heterocycles. The van der Waals surface area contributed by atoms with Gasteiger partial charge < -0.3 is 26.4 Å². The fourth-order valence-electron chi connectivity index (χ4n) is 2.19. The van der Waals surface area contributed by atoms with Crippen molar-refractivity contribution in [3.63, 3.8) is 0 Å². The molecule has 0 radical (unpaired) electrons. The summed E-state index contributed by atoms with van der Waals surface area (Å²) in [5, 5.41) is 7.85. The van der Waals surface area contributed by atoms with Crippen molar-refractivity contribution < 1.29 is 19.1 Å². The number of fused-ring (bicyclic) bond motifs is 1. The Bertz CT molecular complexity index is 652. The summed E-state index contributed by atoms with van der Waals surface area (Å²) >= 11 is 1.56. The van der Waals surface area contributed by atoms with Crippen LogP contribution in [0.2, 0.25) is 0 Å². The fourth-order valence-corrected chi connectivity index (χ4v) is 2.66. The van der Waals surface area contributed by atoms with Crippen LogP contribution in [0.15, 0.2) is 18.2 Å². The van der Waals surface area contributed by atoms with Gasteiger partial charge in [0.15, 0.2) is 6.10 Å². The molecule has 0 bridgehead atoms. The van der Waals surface area contributed by atoms with Crippen LogP contribution in [-0.4, -0.2) is 42.0 Å². The number of amides is 4. The molecule has 9 heteroatoms. The van der Waals surface area contributed by atoms with Crippen LogP contribution in [0.5, 0.6) is 5.75 Å². The number of benzene rings is 1. The third-order valence-electron chi connectivity index (χ3n) is 3.42. The van der Waals surface area contributed by atoms with Gasteiger partial charge >= 0.3 is 6.03 Å². The van der Waals surface area contributed by atoms with Crippen molar-refractivity contribution in [3.8, 4) is 5.75 Å². The third-order valence-corrected chi connectivity index (χ3v) is 4.07. The Labute approximate surface area is 143 Å². The van der Waals surface area contributed by atoms with Gasteiger partial charge in [0, 0.05) is 5.69 Å². The van der Waals surface area contributed by atoms with E-state index < -0.39 is 18.2 Å². The van der Waals surface area contributed by atoms with E-state index in [0.29, 0.717) is 29.3 Å². The molecule has 1 aliphatic rings. The molecule has 1 aromatic rings. The minimum atomic E-state index is -0.753. The van der Waals surface area contributed by atoms with Crippen LogP contribution in [0, 0.1) is 0 Å². The maximum atomic E-state index is 12.3. The number of nitrogens with two attached hydrogens (primary N) is 1. The van der Waals surface area contributed by atoms with Crippen molar-refractivity contribution in [2.75, 3.05) is 22.6 Å². The smallest absolute Gasteiger partial charge is 0.312 e. The van der Waals surface area contributed by atoms with Crippen LogP contribution in [0.1, 0.15) is 13.3 Å². The molecule has 2 rings (SSSR count). The van der Waals surface area contributed by atoms with Gasteiger partial charge in [-0.1, -0.05) is 0 Å². The second-order valence-electron chi connectivity index (χ2n) is 5.29. The first kappa shape index (κ1) is 17.9. The van der Waals surface area contributed by atoms with E-state index in [9.17, 15) is 14.4 Å². The highest BCUT2D eigenvalue weighted by Crippen LogP contribution is 2.32. The lowest BCUT2D eigenvalue weighted by Crippen LogP contribution is -2.46. The van der Waals surface area contributed by atoms with Gasteiger partial charge in [-0.2, -0.15) is 11.8 Å². The van der Waals surface area contributed by atoms with Crippen molar-refractivity contribution in [1.29, 1.82) is 0 Å². The maximum absolute atomic E-state index is 12.3. The summed E-state index contributed by atoms with van der Waals surface area (Å²) in [4.78, 5) is 35.0. The molecule has 0 fully saturated rings. The first-order chi connectivity index (χ1) is 11.4. The highest BCUT2D eigenvalue weighted by molar-refractivity contribution is 7.98. The largest absolute Gasteiger partial charge is 0.479 e. The quantitative estimate of drug-likeness (QED) is 0.611. The number of primary amides is 1. The standard InChI is InChI=1S/C15H20N4O4S/c1-8-13(20)18-11-7-9(3-4-12(11)23-8)17-14(21)10(5-6-24-2)19-15(16)22/h3-4,7-8,10H,5-6H2,1-2H3,(H,17,21)(H,18,20)(H3,16,19,22)/t8-,10-/m0/s1. The van der Waals surface area contributed by atoms with Gasteiger partial charge in [0.1, 0.15) is 11.8 Å². The molecule has 0 saturated carbocycles. The van der Waals surface area contributed by atoms with Crippen molar-refractivity contribution in [2.24, 2.45) is 5.73 Å². The lowest BCUT2D eigenvalue weighted by atomic mass is 10.1. The molecule has 0 aliphatic carbocycles. The van der Waals surface area contributed by atoms with Crippen LogP contribution in [-0.2, 0) is 9.59 Å². The van der Waals surface area contributed by atoms with E-state index >= 15 is 0 Å². The van der Waals surface area contributed by atoms with Gasteiger partial charge in [0.25, 0.3) is 5.91 Å². The van der Waals surface area contributed by atoms with Gasteiger partial charge in [-0.15, -0.1) is 0 Å². The number of hydrogen-bond donors (Lipinski definition) is 4. The topological polar surface area (TPSA) is 123 Å². The van der Waals surface area contributed by atoms with E-state index in [2.05, 4.69) is 16.0 Å². The number of thioether (sulfide) groups is 1. The minimum absolute atomic E-state index is 0.251. The lowest BCUT2D eigenvalue weighted by molar-refractivity contribution is -0.122. The number of carbonyl (C=O) groups is 3. The monoisotopic (exact) mass is 352 g/mol. The molecule has 1 aliphatic heterocycles. The summed E-state index contributed by atoms with van der Waals surface area (Å²) in [6, 6.07) is 3.46. The molecule has 8 nitrogen and oxygen atoms in total. The first-order valence-electron chi connectivity index (χ1n) is 7.38. The maximum Gasteiger partial charge on any atom is 0.312 e. The average Bonchev–Trinajstić information content (AvgIpc) is 2.52. The Morgan fingerprint density at radius 1 is 1.46 bits per heavy atom. The summed E-state index contributed by atoms with van der Waals surface area (Å²) in [6.45, 7) is 1.65. The molecule has 24 heavy (non-hydrogen) atoms. The van der Waals surface area contributed by atoms with Crippen LogP contribution in [0.4, 0.5) is 16.2 Å². The summed E-state index contributed by atoms with van der Waals surface area (Å²) in [5.41, 5.74) is 6.08. The third kappa shape index (κ3) is 4.54. The number of urea groups is 1. The minimum Gasteiger partial charge on any atom is -0.479 e. The molecule has 5 N–H and O–H groups in total. The number of ether oxygens (including phenoxy) is 1. The van der Waals surface area contributed by atoms with Gasteiger partial charge in [-0.25, -0.2) is 4.79 Å². The van der Waals surface area contributed by atoms with E-state index in [4.69, 9.17) is 10.5 Å². The van der Waals surface area contributed by atoms with Crippen molar-refractivity contribution in [1.82, 2.24) is 5.32 Å². The van der Waals surface area contributed by atoms with Crippen molar-refractivity contribution >= 4 is 41.0 Å². The number of rotatable bonds is 6. The molecule has 1 aromatic carbocycles. The van der Waals surface area contributed by atoms with Crippen molar-refractivity contribution in [2.45, 2.75) is 25.5 Å². The Hall–Kier alpha value is -2.42. The molecule has 130 valence electrons. The van der Waals surface area contributed by atoms with Gasteiger partial charge in [0.05, 0.1) is 5.69 Å². The molecule has 0 aromatic heterocycles. The summed E-state index contributed by atoms with van der Waals surface area (Å²) in [6.07, 6.45) is 1.80. The Morgan fingerprint density at radius 3 is 2.88 bits per heavy atom. The highest BCUT2D eigenvalue weighted by atomic mass is 32.2. The molecular formula is C15H20N4O4S. The van der Waals surface area contributed by atoms with E-state index in [1.165, 1.54) is 0 Å². The van der Waals surface area contributed by atoms with Gasteiger partial charge in [-0.3, -0.25) is 9.59 Å². The number of anilines is 2. The summed E-state index contributed by atoms with van der Waals surface area (Å²) in [7, 11) is 0. The Morgan fingerprint density at radius 2 is 2.21 bits per heavy atom. The van der Waals surface area contributed by atoms with E-state index in [1.807, 2.05) is 6.26 Å². The molecule has 4 amide bonds. The van der Waals surface area contributed by atoms with E-state index in [1.54, 1.807) is 36.9 Å². The second kappa shape index (κ2) is 7.91. The average molecular weight is 352 g/mol. The zero-order chi connectivity index (χ0) is 17.7.